The van der Waals surface area contributed by atoms with Crippen molar-refractivity contribution in [2.24, 2.45) is 0 Å². The lowest BCUT2D eigenvalue weighted by Gasteiger charge is -2.08. The summed E-state index contributed by atoms with van der Waals surface area (Å²) < 4.78 is 0. The molecule has 2 aromatic rings. The highest BCUT2D eigenvalue weighted by Crippen LogP contribution is 2.14. The van der Waals surface area contributed by atoms with E-state index in [-0.39, 0.29) is 5.78 Å². The highest BCUT2D eigenvalue weighted by atomic mass is 16.1. The minimum atomic E-state index is 0.194. The van der Waals surface area contributed by atoms with Crippen molar-refractivity contribution in [3.63, 3.8) is 0 Å². The molecule has 0 aliphatic rings. The molecule has 0 amide bonds. The van der Waals surface area contributed by atoms with Crippen molar-refractivity contribution in [2.75, 3.05) is 0 Å². The number of Topliss-reactive ketones (excluding diaryl/α,β-unsaturated/α-hetero) is 1. The molecule has 0 aliphatic heterocycles. The fraction of sp³-hybridized carbons (Fsp3) is 0.235. The molecule has 2 rings (SSSR count). The third-order valence-corrected chi connectivity index (χ3v) is 3.08. The molecule has 0 fully saturated rings. The van der Waals surface area contributed by atoms with Crippen LogP contribution in [0.1, 0.15) is 34.8 Å². The van der Waals surface area contributed by atoms with E-state index < -0.39 is 0 Å². The van der Waals surface area contributed by atoms with Gasteiger partial charge in [-0.2, -0.15) is 0 Å². The second kappa shape index (κ2) is 6.15. The Bertz CT molecular complexity index is 514. The maximum absolute atomic E-state index is 12.2. The summed E-state index contributed by atoms with van der Waals surface area (Å²) in [5.41, 5.74) is 3.25. The fourth-order valence-electron chi connectivity index (χ4n) is 2.14. The molecule has 2 aromatic carbocycles. The first-order valence-electron chi connectivity index (χ1n) is 6.46. The van der Waals surface area contributed by atoms with Crippen LogP contribution in [-0.4, -0.2) is 5.78 Å². The fourth-order valence-corrected chi connectivity index (χ4v) is 2.14. The van der Waals surface area contributed by atoms with Gasteiger partial charge in [-0.15, -0.1) is 0 Å². The van der Waals surface area contributed by atoms with E-state index in [0.717, 1.165) is 24.0 Å². The van der Waals surface area contributed by atoms with Crippen LogP contribution in [0.5, 0.6) is 0 Å². The van der Waals surface area contributed by atoms with Gasteiger partial charge < -0.3 is 0 Å². The van der Waals surface area contributed by atoms with E-state index in [0.29, 0.717) is 6.42 Å². The smallest absolute Gasteiger partial charge is 0.167 e. The molecule has 0 spiro atoms. The molecule has 0 saturated heterocycles. The van der Waals surface area contributed by atoms with Crippen LogP contribution in [0.4, 0.5) is 0 Å². The molecule has 0 saturated carbocycles. The maximum Gasteiger partial charge on any atom is 0.167 e. The Balaban J connectivity index is 2.17. The Morgan fingerprint density at radius 3 is 2.17 bits per heavy atom. The van der Waals surface area contributed by atoms with Gasteiger partial charge in [0.25, 0.3) is 0 Å². The number of hydrogen-bond acceptors (Lipinski definition) is 1. The zero-order valence-electron chi connectivity index (χ0n) is 10.7. The van der Waals surface area contributed by atoms with Gasteiger partial charge in [0.1, 0.15) is 0 Å². The lowest BCUT2D eigenvalue weighted by atomic mass is 9.96. The van der Waals surface area contributed by atoms with Gasteiger partial charge in [-0.3, -0.25) is 4.79 Å². The molecular formula is C17H18O. The Morgan fingerprint density at radius 2 is 1.50 bits per heavy atom. The number of hydrogen-bond donors (Lipinski definition) is 0. The van der Waals surface area contributed by atoms with Crippen LogP contribution in [0.15, 0.2) is 54.6 Å². The number of rotatable bonds is 5. The number of ketones is 1. The first-order valence-corrected chi connectivity index (χ1v) is 6.46. The number of aryl methyl sites for hydroxylation is 1. The first kappa shape index (κ1) is 12.6. The molecular weight excluding hydrogens is 220 g/mol. The van der Waals surface area contributed by atoms with Crippen LogP contribution in [0.25, 0.3) is 0 Å². The van der Waals surface area contributed by atoms with Gasteiger partial charge in [0.2, 0.25) is 0 Å². The van der Waals surface area contributed by atoms with Crippen LogP contribution in [0.3, 0.4) is 0 Å². The molecule has 0 heterocycles. The predicted octanol–water partition coefficient (Wildman–Crippen LogP) is 4.06. The highest BCUT2D eigenvalue weighted by molar-refractivity contribution is 5.97. The van der Waals surface area contributed by atoms with Crippen molar-refractivity contribution in [2.45, 2.75) is 26.2 Å². The molecule has 0 N–H and O–H groups in total. The summed E-state index contributed by atoms with van der Waals surface area (Å²) in [6, 6.07) is 17.7. The van der Waals surface area contributed by atoms with Gasteiger partial charge in [-0.1, -0.05) is 67.9 Å². The number of carbonyl (C=O) groups excluding carboxylic acids is 1. The third-order valence-electron chi connectivity index (χ3n) is 3.08. The van der Waals surface area contributed by atoms with Gasteiger partial charge in [-0.25, -0.2) is 0 Å². The van der Waals surface area contributed by atoms with E-state index in [1.807, 2.05) is 42.5 Å². The molecule has 1 heteroatoms. The SMILES string of the molecule is CCCc1ccccc1CC(=O)c1ccccc1. The van der Waals surface area contributed by atoms with Crippen molar-refractivity contribution in [1.29, 1.82) is 0 Å². The Morgan fingerprint density at radius 1 is 0.889 bits per heavy atom. The number of carbonyl (C=O) groups is 1. The van der Waals surface area contributed by atoms with Gasteiger partial charge in [0.05, 0.1) is 0 Å². The summed E-state index contributed by atoms with van der Waals surface area (Å²) in [5.74, 6) is 0.194. The van der Waals surface area contributed by atoms with E-state index in [4.69, 9.17) is 0 Å². The van der Waals surface area contributed by atoms with E-state index in [9.17, 15) is 4.79 Å². The average Bonchev–Trinajstić information content (AvgIpc) is 2.42. The zero-order valence-corrected chi connectivity index (χ0v) is 10.7. The zero-order chi connectivity index (χ0) is 12.8. The summed E-state index contributed by atoms with van der Waals surface area (Å²) in [7, 11) is 0. The largest absolute Gasteiger partial charge is 0.294 e. The summed E-state index contributed by atoms with van der Waals surface area (Å²) in [6.07, 6.45) is 2.65. The molecule has 0 aromatic heterocycles. The molecule has 92 valence electrons. The standard InChI is InChI=1S/C17H18O/c1-2-8-14-9-6-7-12-16(14)13-17(18)15-10-4-3-5-11-15/h3-7,9-12H,2,8,13H2,1H3. The van der Waals surface area contributed by atoms with Crippen molar-refractivity contribution < 1.29 is 4.79 Å². The molecule has 0 atom stereocenters. The van der Waals surface area contributed by atoms with Crippen LogP contribution in [-0.2, 0) is 12.8 Å². The van der Waals surface area contributed by atoms with Crippen LogP contribution < -0.4 is 0 Å². The molecule has 1 nitrogen and oxygen atoms in total. The summed E-state index contributed by atoms with van der Waals surface area (Å²) >= 11 is 0. The Hall–Kier alpha value is -1.89. The highest BCUT2D eigenvalue weighted by Gasteiger charge is 2.09. The number of benzene rings is 2. The Labute approximate surface area is 108 Å². The monoisotopic (exact) mass is 238 g/mol. The van der Waals surface area contributed by atoms with Crippen LogP contribution >= 0.6 is 0 Å². The summed E-state index contributed by atoms with van der Waals surface area (Å²) in [4.78, 5) is 12.2. The predicted molar refractivity (Wildman–Crippen MR) is 74.9 cm³/mol. The first-order chi connectivity index (χ1) is 8.81. The van der Waals surface area contributed by atoms with Gasteiger partial charge in [0.15, 0.2) is 5.78 Å². The lowest BCUT2D eigenvalue weighted by Crippen LogP contribution is -2.05. The van der Waals surface area contributed by atoms with Gasteiger partial charge in [0, 0.05) is 12.0 Å². The quantitative estimate of drug-likeness (QED) is 0.718. The second-order valence-electron chi connectivity index (χ2n) is 4.48. The second-order valence-corrected chi connectivity index (χ2v) is 4.48. The van der Waals surface area contributed by atoms with Crippen molar-refractivity contribution >= 4 is 5.78 Å². The lowest BCUT2D eigenvalue weighted by molar-refractivity contribution is 0.0992. The maximum atomic E-state index is 12.2. The van der Waals surface area contributed by atoms with E-state index in [2.05, 4.69) is 19.1 Å². The minimum absolute atomic E-state index is 0.194. The summed E-state index contributed by atoms with van der Waals surface area (Å²) in [6.45, 7) is 2.16. The van der Waals surface area contributed by atoms with E-state index in [1.54, 1.807) is 0 Å². The third kappa shape index (κ3) is 3.07. The van der Waals surface area contributed by atoms with Crippen LogP contribution in [0, 0.1) is 0 Å². The molecule has 0 bridgehead atoms. The minimum Gasteiger partial charge on any atom is -0.294 e. The van der Waals surface area contributed by atoms with Crippen LogP contribution in [0.2, 0.25) is 0 Å². The average molecular weight is 238 g/mol. The molecule has 18 heavy (non-hydrogen) atoms. The van der Waals surface area contributed by atoms with Crippen molar-refractivity contribution in [1.82, 2.24) is 0 Å². The Kier molecular flexibility index (Phi) is 4.30. The topological polar surface area (TPSA) is 17.1 Å². The molecule has 0 unspecified atom stereocenters. The molecule has 0 aliphatic carbocycles. The van der Waals surface area contributed by atoms with Crippen molar-refractivity contribution in [3.8, 4) is 0 Å². The van der Waals surface area contributed by atoms with Crippen molar-refractivity contribution in [3.05, 3.63) is 71.3 Å². The molecule has 0 radical (unpaired) electrons. The van der Waals surface area contributed by atoms with Gasteiger partial charge in [-0.05, 0) is 17.5 Å². The van der Waals surface area contributed by atoms with E-state index >= 15 is 0 Å². The van der Waals surface area contributed by atoms with Gasteiger partial charge >= 0.3 is 0 Å². The summed E-state index contributed by atoms with van der Waals surface area (Å²) in [5, 5.41) is 0. The normalized spacial score (nSPS) is 10.3. The van der Waals surface area contributed by atoms with E-state index in [1.165, 1.54) is 5.56 Å².